The van der Waals surface area contributed by atoms with Gasteiger partial charge in [-0.15, -0.1) is 0 Å². The van der Waals surface area contributed by atoms with Gasteiger partial charge in [-0.3, -0.25) is 4.79 Å². The van der Waals surface area contributed by atoms with E-state index < -0.39 is 15.4 Å². The molecule has 23 heavy (non-hydrogen) atoms. The summed E-state index contributed by atoms with van der Waals surface area (Å²) in [6.45, 7) is 3.17. The number of halogens is 1. The standard InChI is InChI=1S/C16H21FN2O3S/c1-2-10-23(21,22)18-8-6-16(7-9-18)12-19(15(16)20)14-5-3-4-13(17)11-14/h3-5,11H,2,6-10,12H2,1H3. The molecule has 0 aliphatic carbocycles. The summed E-state index contributed by atoms with van der Waals surface area (Å²) in [5, 5.41) is 0. The van der Waals surface area contributed by atoms with Crippen LogP contribution in [0.25, 0.3) is 0 Å². The van der Waals surface area contributed by atoms with Gasteiger partial charge in [-0.2, -0.15) is 0 Å². The first-order valence-corrected chi connectivity index (χ1v) is 9.54. The summed E-state index contributed by atoms with van der Waals surface area (Å²) in [7, 11) is -3.20. The molecule has 0 aromatic heterocycles. The summed E-state index contributed by atoms with van der Waals surface area (Å²) in [6.07, 6.45) is 1.68. The van der Waals surface area contributed by atoms with Crippen LogP contribution < -0.4 is 4.90 Å². The topological polar surface area (TPSA) is 57.7 Å². The normalized spacial score (nSPS) is 21.5. The number of sulfonamides is 1. The predicted octanol–water partition coefficient (Wildman–Crippen LogP) is 1.99. The van der Waals surface area contributed by atoms with Gasteiger partial charge in [0.1, 0.15) is 5.82 Å². The molecule has 3 rings (SSSR count). The number of hydrogen-bond acceptors (Lipinski definition) is 3. The van der Waals surface area contributed by atoms with Crippen molar-refractivity contribution in [2.75, 3.05) is 30.3 Å². The zero-order chi connectivity index (χ0) is 16.7. The van der Waals surface area contributed by atoms with E-state index in [1.165, 1.54) is 16.4 Å². The molecule has 5 nitrogen and oxygen atoms in total. The van der Waals surface area contributed by atoms with Crippen molar-refractivity contribution in [3.05, 3.63) is 30.1 Å². The molecule has 0 N–H and O–H groups in total. The minimum absolute atomic E-state index is 0.0179. The third-order valence-electron chi connectivity index (χ3n) is 4.81. The van der Waals surface area contributed by atoms with Crippen LogP contribution >= 0.6 is 0 Å². The van der Waals surface area contributed by atoms with Gasteiger partial charge in [0.15, 0.2) is 0 Å². The number of hydrogen-bond donors (Lipinski definition) is 0. The van der Waals surface area contributed by atoms with E-state index in [-0.39, 0.29) is 17.5 Å². The van der Waals surface area contributed by atoms with Crippen molar-refractivity contribution in [3.63, 3.8) is 0 Å². The van der Waals surface area contributed by atoms with Gasteiger partial charge in [0, 0.05) is 25.3 Å². The summed E-state index contributed by atoms with van der Waals surface area (Å²) in [6, 6.07) is 6.00. The first-order valence-electron chi connectivity index (χ1n) is 7.93. The fourth-order valence-electron chi connectivity index (χ4n) is 3.44. The number of rotatable bonds is 4. The van der Waals surface area contributed by atoms with Gasteiger partial charge in [0.2, 0.25) is 15.9 Å². The van der Waals surface area contributed by atoms with Crippen LogP contribution in [0.1, 0.15) is 26.2 Å². The second-order valence-corrected chi connectivity index (χ2v) is 8.46. The van der Waals surface area contributed by atoms with Crippen LogP contribution in [0.15, 0.2) is 24.3 Å². The summed E-state index contributed by atoms with van der Waals surface area (Å²) in [5.41, 5.74) is 0.103. The zero-order valence-electron chi connectivity index (χ0n) is 13.2. The number of carbonyl (C=O) groups excluding carboxylic acids is 1. The molecule has 2 saturated heterocycles. The molecule has 126 valence electrons. The van der Waals surface area contributed by atoms with Gasteiger partial charge in [0.25, 0.3) is 0 Å². The minimum atomic E-state index is -3.20. The number of carbonyl (C=O) groups is 1. The lowest BCUT2D eigenvalue weighted by Gasteiger charge is -2.52. The Bertz CT molecular complexity index is 712. The van der Waals surface area contributed by atoms with Crippen LogP contribution in [-0.4, -0.2) is 44.0 Å². The second kappa shape index (κ2) is 5.87. The van der Waals surface area contributed by atoms with E-state index in [0.717, 1.165) is 0 Å². The smallest absolute Gasteiger partial charge is 0.235 e. The monoisotopic (exact) mass is 340 g/mol. The number of anilines is 1. The van der Waals surface area contributed by atoms with Gasteiger partial charge in [0.05, 0.1) is 11.2 Å². The first kappa shape index (κ1) is 16.4. The Morgan fingerprint density at radius 2 is 1.96 bits per heavy atom. The Hall–Kier alpha value is -1.47. The van der Waals surface area contributed by atoms with E-state index in [1.54, 1.807) is 17.0 Å². The number of nitrogens with zero attached hydrogens (tertiary/aromatic N) is 2. The highest BCUT2D eigenvalue weighted by Gasteiger charge is 2.54. The fraction of sp³-hybridized carbons (Fsp3) is 0.562. The average molecular weight is 340 g/mol. The Morgan fingerprint density at radius 1 is 1.26 bits per heavy atom. The summed E-state index contributed by atoms with van der Waals surface area (Å²) < 4.78 is 39.0. The van der Waals surface area contributed by atoms with Crippen molar-refractivity contribution in [2.24, 2.45) is 5.41 Å². The van der Waals surface area contributed by atoms with Crippen LogP contribution in [0.4, 0.5) is 10.1 Å². The largest absolute Gasteiger partial charge is 0.311 e. The molecule has 1 aromatic rings. The molecule has 2 heterocycles. The van der Waals surface area contributed by atoms with Crippen molar-refractivity contribution < 1.29 is 17.6 Å². The zero-order valence-corrected chi connectivity index (χ0v) is 14.0. The Kier molecular flexibility index (Phi) is 4.18. The van der Waals surface area contributed by atoms with Crippen molar-refractivity contribution in [1.82, 2.24) is 4.31 Å². The van der Waals surface area contributed by atoms with Gasteiger partial charge in [-0.25, -0.2) is 17.1 Å². The maximum atomic E-state index is 13.3. The van der Waals surface area contributed by atoms with E-state index >= 15 is 0 Å². The third kappa shape index (κ3) is 2.87. The number of β-lactam (4-membered cyclic amide) rings is 1. The molecule has 2 fully saturated rings. The lowest BCUT2D eigenvalue weighted by atomic mass is 9.71. The van der Waals surface area contributed by atoms with Crippen LogP contribution in [0.2, 0.25) is 0 Å². The molecular weight excluding hydrogens is 319 g/mol. The molecule has 0 saturated carbocycles. The van der Waals surface area contributed by atoms with E-state index in [1.807, 2.05) is 6.92 Å². The molecule has 1 spiro atoms. The maximum absolute atomic E-state index is 13.3. The quantitative estimate of drug-likeness (QED) is 0.788. The maximum Gasteiger partial charge on any atom is 0.235 e. The molecular formula is C16H21FN2O3S. The first-order chi connectivity index (χ1) is 10.9. The fourth-order valence-corrected chi connectivity index (χ4v) is 4.95. The van der Waals surface area contributed by atoms with Crippen LogP contribution in [-0.2, 0) is 14.8 Å². The molecule has 1 aromatic carbocycles. The van der Waals surface area contributed by atoms with E-state index in [2.05, 4.69) is 0 Å². The highest BCUT2D eigenvalue weighted by Crippen LogP contribution is 2.44. The molecule has 1 amide bonds. The van der Waals surface area contributed by atoms with Crippen molar-refractivity contribution in [3.8, 4) is 0 Å². The minimum Gasteiger partial charge on any atom is -0.311 e. The van der Waals surface area contributed by atoms with E-state index in [0.29, 0.717) is 44.6 Å². The van der Waals surface area contributed by atoms with Crippen molar-refractivity contribution in [1.29, 1.82) is 0 Å². The Morgan fingerprint density at radius 3 is 2.52 bits per heavy atom. The Balaban J connectivity index is 1.66. The van der Waals surface area contributed by atoms with Gasteiger partial charge >= 0.3 is 0 Å². The molecule has 7 heteroatoms. The number of amides is 1. The molecule has 0 radical (unpaired) electrons. The lowest BCUT2D eigenvalue weighted by Crippen LogP contribution is -2.65. The highest BCUT2D eigenvalue weighted by molar-refractivity contribution is 7.89. The van der Waals surface area contributed by atoms with Crippen LogP contribution in [0, 0.1) is 11.2 Å². The number of benzene rings is 1. The predicted molar refractivity (Wildman–Crippen MR) is 86.1 cm³/mol. The highest BCUT2D eigenvalue weighted by atomic mass is 32.2. The van der Waals surface area contributed by atoms with Crippen LogP contribution in [0.3, 0.4) is 0 Å². The van der Waals surface area contributed by atoms with Gasteiger partial charge in [-0.1, -0.05) is 13.0 Å². The van der Waals surface area contributed by atoms with Crippen LogP contribution in [0.5, 0.6) is 0 Å². The molecule has 2 aliphatic rings. The third-order valence-corrected chi connectivity index (χ3v) is 6.89. The van der Waals surface area contributed by atoms with Gasteiger partial charge in [-0.05, 0) is 37.5 Å². The van der Waals surface area contributed by atoms with Gasteiger partial charge < -0.3 is 4.90 Å². The molecule has 0 unspecified atom stereocenters. The molecule has 2 aliphatic heterocycles. The summed E-state index contributed by atoms with van der Waals surface area (Å²) >= 11 is 0. The average Bonchev–Trinajstić information content (AvgIpc) is 2.52. The summed E-state index contributed by atoms with van der Waals surface area (Å²) in [5.74, 6) is -0.226. The van der Waals surface area contributed by atoms with Crippen molar-refractivity contribution in [2.45, 2.75) is 26.2 Å². The van der Waals surface area contributed by atoms with E-state index in [4.69, 9.17) is 0 Å². The number of piperidine rings is 1. The van der Waals surface area contributed by atoms with Crippen molar-refractivity contribution >= 4 is 21.6 Å². The van der Waals surface area contributed by atoms with E-state index in [9.17, 15) is 17.6 Å². The SMILES string of the molecule is CCCS(=O)(=O)N1CCC2(CC1)CN(c1cccc(F)c1)C2=O. The summed E-state index contributed by atoms with van der Waals surface area (Å²) in [4.78, 5) is 14.2. The molecule has 0 atom stereocenters. The lowest BCUT2D eigenvalue weighted by molar-refractivity contribution is -0.137. The second-order valence-electron chi connectivity index (χ2n) is 6.37. The molecule has 0 bridgehead atoms. The Labute approximate surface area is 136 Å².